The number of pyridine rings is 1. The van der Waals surface area contributed by atoms with Gasteiger partial charge in [0, 0.05) is 38.2 Å². The number of benzene rings is 2. The summed E-state index contributed by atoms with van der Waals surface area (Å²) in [7, 11) is -3.78. The molecule has 1 aliphatic carbocycles. The molecule has 55 heavy (non-hydrogen) atoms. The van der Waals surface area contributed by atoms with Gasteiger partial charge in [0.05, 0.1) is 42.9 Å². The monoisotopic (exact) mass is 826 g/mol. The fourth-order valence-electron chi connectivity index (χ4n) is 6.31. The molecule has 14 nitrogen and oxygen atoms in total. The lowest BCUT2D eigenvalue weighted by atomic mass is 10.0. The van der Waals surface area contributed by atoms with Gasteiger partial charge < -0.3 is 24.2 Å². The Kier molecular flexibility index (Phi) is 12.7. The summed E-state index contributed by atoms with van der Waals surface area (Å²) >= 11 is 12.7. The molecule has 1 saturated carbocycles. The minimum Gasteiger partial charge on any atom is -0.619 e. The van der Waals surface area contributed by atoms with Gasteiger partial charge in [-0.1, -0.05) is 29.3 Å². The number of amides is 2. The number of nitrogens with zero attached hydrogens (tertiary/aromatic N) is 4. The van der Waals surface area contributed by atoms with Crippen LogP contribution in [-0.4, -0.2) is 101 Å². The molecule has 3 heterocycles. The van der Waals surface area contributed by atoms with Crippen molar-refractivity contribution in [1.29, 1.82) is 0 Å². The number of carbonyl (C=O) groups excluding carboxylic acids is 3. The Morgan fingerprint density at radius 1 is 1.04 bits per heavy atom. The van der Waals surface area contributed by atoms with Crippen LogP contribution < -0.4 is 18.5 Å². The molecule has 2 aromatic carbocycles. The van der Waals surface area contributed by atoms with Gasteiger partial charge in [-0.2, -0.15) is 13.5 Å². The number of esters is 1. The summed E-state index contributed by atoms with van der Waals surface area (Å²) in [4.78, 5) is 43.5. The van der Waals surface area contributed by atoms with E-state index in [4.69, 9.17) is 37.4 Å². The van der Waals surface area contributed by atoms with E-state index < -0.39 is 47.1 Å². The molecule has 0 spiro atoms. The van der Waals surface area contributed by atoms with Gasteiger partial charge in [0.25, 0.3) is 11.8 Å². The van der Waals surface area contributed by atoms with Crippen molar-refractivity contribution in [2.45, 2.75) is 38.4 Å². The molecule has 2 amide bonds. The Hall–Kier alpha value is -4.29. The van der Waals surface area contributed by atoms with Crippen LogP contribution >= 0.6 is 23.2 Å². The first-order valence-corrected chi connectivity index (χ1v) is 20.0. The largest absolute Gasteiger partial charge is 0.619 e. The maximum Gasteiger partial charge on any atom is 0.387 e. The summed E-state index contributed by atoms with van der Waals surface area (Å²) < 4.78 is 75.3. The SMILES string of the molecule is CS(=O)(=O)N(CCCN1CCOCC1)c1ccc2c(c1)C(=O)N(CC(=O)O[C@@H](Cc1c(Cl)c[n+]([O-])cc1Cl)c1ccc(OC(F)F)c(OCC3CC3)c1)C2=O. The molecule has 19 heteroatoms. The van der Waals surface area contributed by atoms with Crippen molar-refractivity contribution in [3.8, 4) is 11.5 Å². The number of imide groups is 1. The number of aromatic nitrogens is 1. The number of rotatable bonds is 17. The Morgan fingerprint density at radius 3 is 2.38 bits per heavy atom. The first kappa shape index (κ1) is 40.4. The summed E-state index contributed by atoms with van der Waals surface area (Å²) in [6, 6.07) is 8.06. The van der Waals surface area contributed by atoms with Crippen LogP contribution in [0.2, 0.25) is 10.0 Å². The average Bonchev–Trinajstić information content (AvgIpc) is 3.93. The molecular formula is C36H38Cl2F2N4O10S. The van der Waals surface area contributed by atoms with Crippen molar-refractivity contribution in [2.75, 3.05) is 63.1 Å². The Labute approximate surface area is 326 Å². The zero-order chi connectivity index (χ0) is 39.4. The van der Waals surface area contributed by atoms with Gasteiger partial charge in [-0.05, 0) is 61.1 Å². The predicted octanol–water partition coefficient (Wildman–Crippen LogP) is 4.63. The summed E-state index contributed by atoms with van der Waals surface area (Å²) in [5.41, 5.74) is 0.530. The highest BCUT2D eigenvalue weighted by atomic mass is 35.5. The minimum absolute atomic E-state index is 0.0271. The number of hydrogen-bond donors (Lipinski definition) is 0. The number of carbonyl (C=O) groups is 3. The van der Waals surface area contributed by atoms with Gasteiger partial charge in [0.1, 0.15) is 22.7 Å². The number of fused-ring (bicyclic) bond motifs is 1. The molecule has 1 saturated heterocycles. The van der Waals surface area contributed by atoms with Crippen LogP contribution in [0, 0.1) is 11.1 Å². The van der Waals surface area contributed by atoms with Crippen LogP contribution in [0.5, 0.6) is 11.5 Å². The molecular weight excluding hydrogens is 789 g/mol. The second-order valence-electron chi connectivity index (χ2n) is 13.4. The molecule has 0 unspecified atom stereocenters. The second kappa shape index (κ2) is 17.2. The summed E-state index contributed by atoms with van der Waals surface area (Å²) in [6.45, 7) is -0.298. The predicted molar refractivity (Wildman–Crippen MR) is 195 cm³/mol. The average molecular weight is 828 g/mol. The van der Waals surface area contributed by atoms with Crippen molar-refractivity contribution in [3.05, 3.63) is 86.3 Å². The summed E-state index contributed by atoms with van der Waals surface area (Å²) in [6.07, 6.45) is 4.04. The highest BCUT2D eigenvalue weighted by Gasteiger charge is 2.39. The van der Waals surface area contributed by atoms with Gasteiger partial charge >= 0.3 is 12.6 Å². The molecule has 0 radical (unpaired) electrons. The molecule has 1 atom stereocenters. The van der Waals surface area contributed by atoms with Crippen LogP contribution in [0.3, 0.4) is 0 Å². The number of alkyl halides is 2. The van der Waals surface area contributed by atoms with Crippen molar-refractivity contribution >= 4 is 56.7 Å². The van der Waals surface area contributed by atoms with E-state index in [0.29, 0.717) is 35.8 Å². The van der Waals surface area contributed by atoms with E-state index in [1.807, 2.05) is 0 Å². The number of sulfonamides is 1. The van der Waals surface area contributed by atoms with Crippen LogP contribution in [-0.2, 0) is 30.7 Å². The maximum atomic E-state index is 13.6. The number of morpholine rings is 1. The highest BCUT2D eigenvalue weighted by Crippen LogP contribution is 2.38. The zero-order valence-corrected chi connectivity index (χ0v) is 32.0. The van der Waals surface area contributed by atoms with Gasteiger partial charge in [-0.3, -0.25) is 28.5 Å². The third kappa shape index (κ3) is 10.1. The van der Waals surface area contributed by atoms with Crippen LogP contribution in [0.4, 0.5) is 14.5 Å². The van der Waals surface area contributed by atoms with Crippen molar-refractivity contribution in [2.24, 2.45) is 5.92 Å². The first-order valence-electron chi connectivity index (χ1n) is 17.4. The van der Waals surface area contributed by atoms with E-state index in [1.165, 1.54) is 40.7 Å². The lowest BCUT2D eigenvalue weighted by Gasteiger charge is -2.28. The third-order valence-corrected chi connectivity index (χ3v) is 11.2. The number of anilines is 1. The zero-order valence-electron chi connectivity index (χ0n) is 29.6. The Morgan fingerprint density at radius 2 is 1.73 bits per heavy atom. The Bertz CT molecular complexity index is 2030. The fraction of sp³-hybridized carbons (Fsp3) is 0.444. The quantitative estimate of drug-likeness (QED) is 0.0809. The molecule has 3 aromatic rings. The lowest BCUT2D eigenvalue weighted by Crippen LogP contribution is -2.39. The molecule has 2 fully saturated rings. The van der Waals surface area contributed by atoms with E-state index >= 15 is 0 Å². The van der Waals surface area contributed by atoms with Gasteiger partial charge in [-0.25, -0.2) is 8.42 Å². The maximum absolute atomic E-state index is 13.6. The van der Waals surface area contributed by atoms with E-state index in [-0.39, 0.29) is 75.0 Å². The fourth-order valence-corrected chi connectivity index (χ4v) is 7.87. The van der Waals surface area contributed by atoms with Crippen LogP contribution in [0.25, 0.3) is 0 Å². The molecule has 2 aliphatic heterocycles. The van der Waals surface area contributed by atoms with Gasteiger partial charge in [0.2, 0.25) is 10.0 Å². The van der Waals surface area contributed by atoms with Gasteiger partial charge in [0.15, 0.2) is 23.9 Å². The number of halogens is 4. The van der Waals surface area contributed by atoms with E-state index in [9.17, 15) is 36.8 Å². The van der Waals surface area contributed by atoms with Crippen LogP contribution in [0.15, 0.2) is 48.8 Å². The van der Waals surface area contributed by atoms with E-state index in [2.05, 4.69) is 9.64 Å². The molecule has 0 bridgehead atoms. The standard InChI is InChI=1S/C36H38Cl2F2N4O10S/c1-55(49,50)44(10-2-9-41-11-13-51-14-12-41)24-6-7-25-26(16-24)35(47)43(34(25)46)20-33(45)53-31(17-27-28(37)18-42(48)19-29(27)38)23-5-8-30(54-36(39)40)32(15-23)52-21-22-3-4-22/h5-8,15-16,18-19,22,31,36H,2-4,9-14,17,20-21H2,1H3/t31-/m0/s1. The normalized spacial score (nSPS) is 16.7. The Balaban J connectivity index is 1.21. The van der Waals surface area contributed by atoms with Crippen molar-refractivity contribution in [3.63, 3.8) is 0 Å². The summed E-state index contributed by atoms with van der Waals surface area (Å²) in [5, 5.41) is 11.8. The molecule has 1 aromatic heterocycles. The molecule has 296 valence electrons. The van der Waals surface area contributed by atoms with E-state index in [1.54, 1.807) is 0 Å². The van der Waals surface area contributed by atoms with E-state index in [0.717, 1.165) is 44.6 Å². The highest BCUT2D eigenvalue weighted by molar-refractivity contribution is 7.92. The third-order valence-electron chi connectivity index (χ3n) is 9.32. The number of ether oxygens (including phenoxy) is 4. The van der Waals surface area contributed by atoms with Crippen molar-refractivity contribution < 1.29 is 55.3 Å². The number of hydrogen-bond acceptors (Lipinski definition) is 11. The van der Waals surface area contributed by atoms with Crippen molar-refractivity contribution in [1.82, 2.24) is 9.80 Å². The first-order chi connectivity index (χ1) is 26.2. The van der Waals surface area contributed by atoms with Crippen LogP contribution in [0.1, 0.15) is 57.2 Å². The molecule has 3 aliphatic rings. The smallest absolute Gasteiger partial charge is 0.387 e. The minimum atomic E-state index is -3.78. The molecule has 6 rings (SSSR count). The lowest BCUT2D eigenvalue weighted by molar-refractivity contribution is -0.605. The van der Waals surface area contributed by atoms with Gasteiger partial charge in [-0.15, -0.1) is 0 Å². The summed E-state index contributed by atoms with van der Waals surface area (Å²) in [5.74, 6) is -2.69. The second-order valence-corrected chi connectivity index (χ2v) is 16.1. The topological polar surface area (TPSA) is 159 Å². The molecule has 0 N–H and O–H groups in total.